The minimum atomic E-state index is 0.489. The van der Waals surface area contributed by atoms with Crippen molar-refractivity contribution in [3.63, 3.8) is 0 Å². The van der Waals surface area contributed by atoms with Crippen molar-refractivity contribution < 1.29 is 4.42 Å². The largest absolute Gasteiger partial charge is 0.407 e. The number of anilines is 1. The van der Waals surface area contributed by atoms with E-state index in [1.807, 2.05) is 18.8 Å². The van der Waals surface area contributed by atoms with Crippen LogP contribution < -0.4 is 10.6 Å². The molecule has 6 heteroatoms. The van der Waals surface area contributed by atoms with Crippen LogP contribution in [-0.2, 0) is 6.54 Å². The van der Waals surface area contributed by atoms with E-state index in [1.165, 1.54) is 12.2 Å². The summed E-state index contributed by atoms with van der Waals surface area (Å²) in [6, 6.07) is 1.03. The van der Waals surface area contributed by atoms with Gasteiger partial charge in [-0.25, -0.2) is 0 Å². The van der Waals surface area contributed by atoms with Crippen LogP contribution in [-0.4, -0.2) is 34.8 Å². The van der Waals surface area contributed by atoms with Gasteiger partial charge in [0.25, 0.3) is 0 Å². The van der Waals surface area contributed by atoms with Gasteiger partial charge in [0.05, 0.1) is 6.54 Å². The van der Waals surface area contributed by atoms with E-state index in [-0.39, 0.29) is 0 Å². The number of aromatic nitrogens is 2. The van der Waals surface area contributed by atoms with Crippen molar-refractivity contribution in [3.05, 3.63) is 5.89 Å². The van der Waals surface area contributed by atoms with Crippen molar-refractivity contribution in [1.82, 2.24) is 15.5 Å². The fourth-order valence-corrected chi connectivity index (χ4v) is 2.51. The highest BCUT2D eigenvalue weighted by Gasteiger charge is 2.17. The second-order valence-corrected chi connectivity index (χ2v) is 4.39. The van der Waals surface area contributed by atoms with Gasteiger partial charge in [0.15, 0.2) is 0 Å². The molecule has 2 N–H and O–H groups in total. The van der Waals surface area contributed by atoms with Gasteiger partial charge in [0.1, 0.15) is 0 Å². The number of thioether (sulfide) groups is 1. The molecule has 1 saturated heterocycles. The number of hydrogen-bond donors (Lipinski definition) is 2. The van der Waals surface area contributed by atoms with Crippen molar-refractivity contribution in [2.75, 3.05) is 23.9 Å². The number of hydrogen-bond acceptors (Lipinski definition) is 6. The lowest BCUT2D eigenvalue weighted by atomic mass is 10.3. The van der Waals surface area contributed by atoms with E-state index in [9.17, 15) is 0 Å². The predicted molar refractivity (Wildman–Crippen MR) is 56.4 cm³/mol. The molecule has 0 spiro atoms. The Kier molecular flexibility index (Phi) is 3.26. The molecular weight excluding hydrogens is 200 g/mol. The molecule has 1 aromatic rings. The first-order valence-corrected chi connectivity index (χ1v) is 5.85. The fourth-order valence-electron chi connectivity index (χ4n) is 1.36. The van der Waals surface area contributed by atoms with Crippen molar-refractivity contribution in [2.24, 2.45) is 0 Å². The topological polar surface area (TPSA) is 63.0 Å². The summed E-state index contributed by atoms with van der Waals surface area (Å²) in [5.41, 5.74) is 0. The van der Waals surface area contributed by atoms with E-state index < -0.39 is 0 Å². The zero-order valence-electron chi connectivity index (χ0n) is 8.12. The monoisotopic (exact) mass is 214 g/mol. The van der Waals surface area contributed by atoms with Gasteiger partial charge in [-0.1, -0.05) is 5.10 Å². The molecule has 78 valence electrons. The summed E-state index contributed by atoms with van der Waals surface area (Å²) >= 11 is 1.95. The molecule has 0 amide bonds. The SMILES string of the molecule is CNCc1nnc(NC2CCSC2)o1. The Hall–Kier alpha value is -0.750. The summed E-state index contributed by atoms with van der Waals surface area (Å²) < 4.78 is 5.38. The average Bonchev–Trinajstić information content (AvgIpc) is 2.79. The summed E-state index contributed by atoms with van der Waals surface area (Å²) in [7, 11) is 1.85. The quantitative estimate of drug-likeness (QED) is 0.769. The number of nitrogens with zero attached hydrogens (tertiary/aromatic N) is 2. The molecule has 0 bridgehead atoms. The lowest BCUT2D eigenvalue weighted by Gasteiger charge is -2.06. The van der Waals surface area contributed by atoms with Crippen LogP contribution in [0.2, 0.25) is 0 Å². The highest BCUT2D eigenvalue weighted by molar-refractivity contribution is 7.99. The van der Waals surface area contributed by atoms with E-state index in [0.717, 1.165) is 5.75 Å². The Labute approximate surface area is 87.0 Å². The Morgan fingerprint density at radius 1 is 1.57 bits per heavy atom. The van der Waals surface area contributed by atoms with Gasteiger partial charge >= 0.3 is 6.01 Å². The lowest BCUT2D eigenvalue weighted by molar-refractivity contribution is 0.485. The first-order valence-electron chi connectivity index (χ1n) is 4.70. The number of rotatable bonds is 4. The minimum Gasteiger partial charge on any atom is -0.407 e. The summed E-state index contributed by atoms with van der Waals surface area (Å²) in [6.45, 7) is 0.619. The molecule has 5 nitrogen and oxygen atoms in total. The molecule has 1 aliphatic heterocycles. The zero-order valence-corrected chi connectivity index (χ0v) is 8.93. The van der Waals surface area contributed by atoms with Crippen LogP contribution in [0.25, 0.3) is 0 Å². The van der Waals surface area contributed by atoms with Crippen molar-refractivity contribution in [1.29, 1.82) is 0 Å². The zero-order chi connectivity index (χ0) is 9.80. The molecule has 2 heterocycles. The Bertz CT molecular complexity index is 285. The van der Waals surface area contributed by atoms with Crippen molar-refractivity contribution in [2.45, 2.75) is 19.0 Å². The van der Waals surface area contributed by atoms with E-state index in [1.54, 1.807) is 0 Å². The molecule has 1 atom stereocenters. The third kappa shape index (κ3) is 2.39. The van der Waals surface area contributed by atoms with Crippen LogP contribution in [0.5, 0.6) is 0 Å². The molecule has 0 radical (unpaired) electrons. The van der Waals surface area contributed by atoms with Gasteiger partial charge in [-0.3, -0.25) is 0 Å². The Morgan fingerprint density at radius 3 is 3.21 bits per heavy atom. The van der Waals surface area contributed by atoms with Gasteiger partial charge in [-0.15, -0.1) is 5.10 Å². The van der Waals surface area contributed by atoms with Crippen LogP contribution in [0.15, 0.2) is 4.42 Å². The van der Waals surface area contributed by atoms with Crippen LogP contribution in [0.4, 0.5) is 6.01 Å². The average molecular weight is 214 g/mol. The highest BCUT2D eigenvalue weighted by Crippen LogP contribution is 2.20. The molecular formula is C8H14N4OS. The molecule has 1 aromatic heterocycles. The molecule has 0 aromatic carbocycles. The van der Waals surface area contributed by atoms with Gasteiger partial charge in [-0.2, -0.15) is 11.8 Å². The summed E-state index contributed by atoms with van der Waals surface area (Å²) in [6.07, 6.45) is 1.18. The maximum atomic E-state index is 5.38. The molecule has 0 saturated carbocycles. The number of nitrogens with one attached hydrogen (secondary N) is 2. The molecule has 0 aliphatic carbocycles. The van der Waals surface area contributed by atoms with Crippen molar-refractivity contribution >= 4 is 17.8 Å². The Morgan fingerprint density at radius 2 is 2.50 bits per heavy atom. The summed E-state index contributed by atoms with van der Waals surface area (Å²) in [5.74, 6) is 2.97. The van der Waals surface area contributed by atoms with Gasteiger partial charge < -0.3 is 15.1 Å². The third-order valence-electron chi connectivity index (χ3n) is 2.05. The summed E-state index contributed by atoms with van der Waals surface area (Å²) in [4.78, 5) is 0. The summed E-state index contributed by atoms with van der Waals surface area (Å²) in [5, 5.41) is 14.0. The maximum absolute atomic E-state index is 5.38. The van der Waals surface area contributed by atoms with Gasteiger partial charge in [0.2, 0.25) is 5.89 Å². The van der Waals surface area contributed by atoms with E-state index in [2.05, 4.69) is 20.8 Å². The first kappa shape index (κ1) is 9.79. The molecule has 1 unspecified atom stereocenters. The van der Waals surface area contributed by atoms with Gasteiger partial charge in [0, 0.05) is 11.8 Å². The van der Waals surface area contributed by atoms with Crippen LogP contribution >= 0.6 is 11.8 Å². The van der Waals surface area contributed by atoms with Gasteiger partial charge in [-0.05, 0) is 19.2 Å². The first-order chi connectivity index (χ1) is 6.88. The third-order valence-corrected chi connectivity index (χ3v) is 3.21. The van der Waals surface area contributed by atoms with Crippen LogP contribution in [0.3, 0.4) is 0 Å². The highest BCUT2D eigenvalue weighted by atomic mass is 32.2. The standard InChI is InChI=1S/C8H14N4OS/c1-9-4-7-11-12-8(13-7)10-6-2-3-14-5-6/h6,9H,2-5H2,1H3,(H,10,12). The smallest absolute Gasteiger partial charge is 0.315 e. The van der Waals surface area contributed by atoms with E-state index in [0.29, 0.717) is 24.5 Å². The second kappa shape index (κ2) is 4.65. The molecule has 1 aliphatic rings. The molecule has 2 rings (SSSR count). The molecule has 14 heavy (non-hydrogen) atoms. The van der Waals surface area contributed by atoms with Crippen LogP contribution in [0.1, 0.15) is 12.3 Å². The second-order valence-electron chi connectivity index (χ2n) is 3.24. The maximum Gasteiger partial charge on any atom is 0.315 e. The fraction of sp³-hybridized carbons (Fsp3) is 0.750. The molecule has 1 fully saturated rings. The predicted octanol–water partition coefficient (Wildman–Crippen LogP) is 0.706. The lowest BCUT2D eigenvalue weighted by Crippen LogP contribution is -2.18. The normalized spacial score (nSPS) is 21.4. The van der Waals surface area contributed by atoms with Crippen LogP contribution in [0, 0.1) is 0 Å². The minimum absolute atomic E-state index is 0.489. The Balaban J connectivity index is 1.88. The van der Waals surface area contributed by atoms with E-state index in [4.69, 9.17) is 4.42 Å². The van der Waals surface area contributed by atoms with Crippen molar-refractivity contribution in [3.8, 4) is 0 Å². The van der Waals surface area contributed by atoms with E-state index >= 15 is 0 Å².